The maximum atomic E-state index is 11.9. The van der Waals surface area contributed by atoms with Gasteiger partial charge in [0.2, 0.25) is 5.91 Å². The summed E-state index contributed by atoms with van der Waals surface area (Å²) in [6, 6.07) is 17.7. The van der Waals surface area contributed by atoms with Crippen molar-refractivity contribution in [1.29, 1.82) is 0 Å². The summed E-state index contributed by atoms with van der Waals surface area (Å²) in [5.74, 6) is 0.354. The van der Waals surface area contributed by atoms with Gasteiger partial charge in [-0.05, 0) is 68.2 Å². The van der Waals surface area contributed by atoms with Crippen LogP contribution in [0.2, 0.25) is 0 Å². The first-order chi connectivity index (χ1) is 17.3. The van der Waals surface area contributed by atoms with E-state index in [1.807, 2.05) is 73.0 Å². The molecule has 1 aromatic heterocycles. The molecule has 0 spiro atoms. The molecule has 1 heterocycles. The van der Waals surface area contributed by atoms with Crippen molar-refractivity contribution in [2.24, 2.45) is 0 Å². The Kier molecular flexibility index (Phi) is 10.0. The summed E-state index contributed by atoms with van der Waals surface area (Å²) >= 11 is 1.50. The Balaban J connectivity index is 1.67. The fourth-order valence-corrected chi connectivity index (χ4v) is 4.42. The topological polar surface area (TPSA) is 77.5 Å². The minimum atomic E-state index is -0.327. The Labute approximate surface area is 216 Å². The second kappa shape index (κ2) is 13.4. The molecule has 0 fully saturated rings. The summed E-state index contributed by atoms with van der Waals surface area (Å²) < 4.78 is 10.9. The molecule has 0 radical (unpaired) electrons. The van der Waals surface area contributed by atoms with Gasteiger partial charge in [-0.3, -0.25) is 4.79 Å². The van der Waals surface area contributed by atoms with Crippen LogP contribution in [0, 0.1) is 0 Å². The number of rotatable bonds is 11. The SMILES string of the molecule is CCOC(=O)/C(C)=C\C(C)=C\c1csc([C@H](Cc2ccc(OCc3ccccc3)cc2)NC(C)=O)n1. The van der Waals surface area contributed by atoms with E-state index >= 15 is 0 Å². The van der Waals surface area contributed by atoms with E-state index in [0.29, 0.717) is 25.2 Å². The van der Waals surface area contributed by atoms with Gasteiger partial charge in [-0.1, -0.05) is 42.5 Å². The van der Waals surface area contributed by atoms with Crippen molar-refractivity contribution >= 4 is 29.3 Å². The fourth-order valence-electron chi connectivity index (χ4n) is 3.59. The second-order valence-electron chi connectivity index (χ2n) is 8.42. The lowest BCUT2D eigenvalue weighted by molar-refractivity contribution is -0.138. The van der Waals surface area contributed by atoms with E-state index in [4.69, 9.17) is 14.5 Å². The first-order valence-electron chi connectivity index (χ1n) is 11.9. The van der Waals surface area contributed by atoms with E-state index in [9.17, 15) is 9.59 Å². The Hall–Kier alpha value is -3.71. The number of ether oxygens (including phenoxy) is 2. The molecule has 0 aliphatic rings. The molecule has 1 N–H and O–H groups in total. The Morgan fingerprint density at radius 2 is 1.75 bits per heavy atom. The Morgan fingerprint density at radius 3 is 2.42 bits per heavy atom. The normalized spacial score (nSPS) is 12.7. The first kappa shape index (κ1) is 26.9. The highest BCUT2D eigenvalue weighted by Crippen LogP contribution is 2.25. The van der Waals surface area contributed by atoms with Crippen molar-refractivity contribution in [3.8, 4) is 5.75 Å². The lowest BCUT2D eigenvalue weighted by Gasteiger charge is -2.16. The minimum absolute atomic E-state index is 0.112. The number of nitrogens with one attached hydrogen (secondary N) is 1. The molecule has 0 saturated carbocycles. The minimum Gasteiger partial charge on any atom is -0.489 e. The van der Waals surface area contributed by atoms with Gasteiger partial charge in [0, 0.05) is 17.9 Å². The number of hydrogen-bond donors (Lipinski definition) is 1. The number of esters is 1. The predicted molar refractivity (Wildman–Crippen MR) is 144 cm³/mol. The van der Waals surface area contributed by atoms with Gasteiger partial charge in [0.25, 0.3) is 0 Å². The number of amides is 1. The summed E-state index contributed by atoms with van der Waals surface area (Å²) in [6.45, 7) is 7.79. The largest absolute Gasteiger partial charge is 0.489 e. The van der Waals surface area contributed by atoms with Crippen molar-refractivity contribution < 1.29 is 19.1 Å². The second-order valence-corrected chi connectivity index (χ2v) is 9.31. The van der Waals surface area contributed by atoms with Gasteiger partial charge in [-0.2, -0.15) is 0 Å². The average molecular weight is 505 g/mol. The van der Waals surface area contributed by atoms with E-state index in [1.54, 1.807) is 19.9 Å². The van der Waals surface area contributed by atoms with Crippen LogP contribution in [-0.2, 0) is 27.4 Å². The molecule has 6 nitrogen and oxygen atoms in total. The molecule has 2 aromatic carbocycles. The van der Waals surface area contributed by atoms with Gasteiger partial charge >= 0.3 is 5.97 Å². The van der Waals surface area contributed by atoms with Crippen LogP contribution in [0.4, 0.5) is 0 Å². The standard InChI is InChI=1S/C29H32N2O4S/c1-5-34-29(33)21(3)15-20(2)16-25-19-36-28(31-25)27(30-22(4)32)17-23-11-13-26(14-12-23)35-18-24-9-7-6-8-10-24/h6-16,19,27H,5,17-18H2,1-4H3,(H,30,32)/b20-16+,21-15-/t27-/m0/s1. The van der Waals surface area contributed by atoms with Crippen LogP contribution in [0.25, 0.3) is 6.08 Å². The summed E-state index contributed by atoms with van der Waals surface area (Å²) in [5.41, 5.74) is 4.38. The van der Waals surface area contributed by atoms with Gasteiger partial charge in [-0.25, -0.2) is 9.78 Å². The first-order valence-corrected chi connectivity index (χ1v) is 12.7. The van der Waals surface area contributed by atoms with Crippen LogP contribution in [0.1, 0.15) is 55.6 Å². The molecule has 36 heavy (non-hydrogen) atoms. The number of aromatic nitrogens is 1. The molecule has 3 aromatic rings. The monoisotopic (exact) mass is 504 g/mol. The van der Waals surface area contributed by atoms with Gasteiger partial charge in [0.1, 0.15) is 17.4 Å². The van der Waals surface area contributed by atoms with Crippen LogP contribution in [-0.4, -0.2) is 23.5 Å². The smallest absolute Gasteiger partial charge is 0.333 e. The van der Waals surface area contributed by atoms with E-state index in [-0.39, 0.29) is 17.9 Å². The third-order valence-corrected chi connectivity index (χ3v) is 6.22. The molecule has 0 aliphatic carbocycles. The molecular weight excluding hydrogens is 472 g/mol. The fraction of sp³-hybridized carbons (Fsp3) is 0.276. The van der Waals surface area contributed by atoms with Crippen LogP contribution in [0.3, 0.4) is 0 Å². The number of carbonyl (C=O) groups excluding carboxylic acids is 2. The maximum absolute atomic E-state index is 11.9. The highest BCUT2D eigenvalue weighted by Gasteiger charge is 2.17. The van der Waals surface area contributed by atoms with Gasteiger partial charge in [0.15, 0.2) is 0 Å². The summed E-state index contributed by atoms with van der Waals surface area (Å²) in [7, 11) is 0. The van der Waals surface area contributed by atoms with Gasteiger partial charge in [-0.15, -0.1) is 11.3 Å². The lowest BCUT2D eigenvalue weighted by atomic mass is 10.1. The highest BCUT2D eigenvalue weighted by molar-refractivity contribution is 7.09. The quantitative estimate of drug-likeness (QED) is 0.195. The number of hydrogen-bond acceptors (Lipinski definition) is 6. The predicted octanol–water partition coefficient (Wildman–Crippen LogP) is 6.05. The van der Waals surface area contributed by atoms with Crippen molar-refractivity contribution in [3.05, 3.63) is 99.0 Å². The van der Waals surface area contributed by atoms with Crippen molar-refractivity contribution in [1.82, 2.24) is 10.3 Å². The summed E-state index contributed by atoms with van der Waals surface area (Å²) in [4.78, 5) is 28.5. The zero-order valence-electron chi connectivity index (χ0n) is 21.1. The molecule has 7 heteroatoms. The van der Waals surface area contributed by atoms with Crippen LogP contribution in [0.5, 0.6) is 5.75 Å². The Morgan fingerprint density at radius 1 is 1.03 bits per heavy atom. The zero-order chi connectivity index (χ0) is 25.9. The number of thiazole rings is 1. The molecule has 188 valence electrons. The molecule has 1 atom stereocenters. The molecule has 0 aliphatic heterocycles. The molecule has 0 bridgehead atoms. The molecule has 3 rings (SSSR count). The zero-order valence-corrected chi connectivity index (χ0v) is 21.9. The van der Waals surface area contributed by atoms with Crippen LogP contribution >= 0.6 is 11.3 Å². The third-order valence-electron chi connectivity index (χ3n) is 5.24. The average Bonchev–Trinajstić information content (AvgIpc) is 3.32. The van der Waals surface area contributed by atoms with Crippen molar-refractivity contribution in [3.63, 3.8) is 0 Å². The molecule has 0 saturated heterocycles. The van der Waals surface area contributed by atoms with E-state index in [2.05, 4.69) is 5.32 Å². The van der Waals surface area contributed by atoms with Gasteiger partial charge < -0.3 is 14.8 Å². The van der Waals surface area contributed by atoms with E-state index in [1.165, 1.54) is 18.3 Å². The van der Waals surface area contributed by atoms with E-state index < -0.39 is 0 Å². The van der Waals surface area contributed by atoms with Crippen LogP contribution in [0.15, 0.2) is 77.2 Å². The Bertz CT molecular complexity index is 1210. The third kappa shape index (κ3) is 8.50. The maximum Gasteiger partial charge on any atom is 0.333 e. The summed E-state index contributed by atoms with van der Waals surface area (Å²) in [6.07, 6.45) is 4.30. The van der Waals surface area contributed by atoms with Crippen molar-refractivity contribution in [2.45, 2.75) is 46.8 Å². The van der Waals surface area contributed by atoms with Crippen molar-refractivity contribution in [2.75, 3.05) is 6.61 Å². The molecule has 1 amide bonds. The highest BCUT2D eigenvalue weighted by atomic mass is 32.1. The lowest BCUT2D eigenvalue weighted by Crippen LogP contribution is -2.27. The number of carbonyl (C=O) groups is 2. The van der Waals surface area contributed by atoms with Crippen LogP contribution < -0.4 is 10.1 Å². The molecule has 0 unspecified atom stereocenters. The van der Waals surface area contributed by atoms with E-state index in [0.717, 1.165) is 33.2 Å². The molecular formula is C29H32N2O4S. The number of benzene rings is 2. The number of allylic oxidation sites excluding steroid dienone is 2. The number of nitrogens with zero attached hydrogens (tertiary/aromatic N) is 1. The summed E-state index contributed by atoms with van der Waals surface area (Å²) in [5, 5.41) is 5.78. The van der Waals surface area contributed by atoms with Gasteiger partial charge in [0.05, 0.1) is 18.3 Å².